The molecule has 1 aromatic rings. The number of benzene rings is 1. The van der Waals surface area contributed by atoms with Crippen molar-refractivity contribution in [1.29, 1.82) is 0 Å². The van der Waals surface area contributed by atoms with Crippen molar-refractivity contribution in [3.63, 3.8) is 0 Å². The van der Waals surface area contributed by atoms with Gasteiger partial charge < -0.3 is 24.1 Å². The van der Waals surface area contributed by atoms with Gasteiger partial charge >= 0.3 is 0 Å². The molecule has 4 atom stereocenters. The summed E-state index contributed by atoms with van der Waals surface area (Å²) >= 11 is 0. The van der Waals surface area contributed by atoms with Gasteiger partial charge in [-0.3, -0.25) is 0 Å². The van der Waals surface area contributed by atoms with Crippen LogP contribution in [0.25, 0.3) is 0 Å². The Kier molecular flexibility index (Phi) is 3.79. The highest BCUT2D eigenvalue weighted by Gasteiger charge is 2.46. The van der Waals surface area contributed by atoms with Crippen LogP contribution in [0.1, 0.15) is 6.42 Å². The molecule has 0 amide bonds. The Hall–Kier alpha value is -1.74. The van der Waals surface area contributed by atoms with Gasteiger partial charge in [0.25, 0.3) is 0 Å². The van der Waals surface area contributed by atoms with Gasteiger partial charge in [0.05, 0.1) is 6.10 Å². The first-order valence-corrected chi connectivity index (χ1v) is 6.55. The Morgan fingerprint density at radius 1 is 1.20 bits per heavy atom. The van der Waals surface area contributed by atoms with Crippen LogP contribution in [0.4, 0.5) is 0 Å². The van der Waals surface area contributed by atoms with E-state index >= 15 is 0 Å². The molecule has 0 bridgehead atoms. The van der Waals surface area contributed by atoms with E-state index in [9.17, 15) is 5.11 Å². The molecule has 5 heteroatoms. The summed E-state index contributed by atoms with van der Waals surface area (Å²) < 4.78 is 20.7. The zero-order chi connectivity index (χ0) is 13.9. The predicted octanol–water partition coefficient (Wildman–Crippen LogP) is 0.952. The van der Waals surface area contributed by atoms with E-state index in [1.165, 1.54) is 0 Å². The van der Waals surface area contributed by atoms with Crippen LogP contribution >= 0.6 is 0 Å². The highest BCUT2D eigenvalue weighted by molar-refractivity contribution is 5.40. The molecule has 2 fully saturated rings. The summed E-state index contributed by atoms with van der Waals surface area (Å²) in [5.41, 5.74) is 0. The molecule has 0 aromatic heterocycles. The fourth-order valence-electron chi connectivity index (χ4n) is 2.48. The standard InChI is InChI=1S/C8H10O3.C7H6O2/c1-2-5-7(9)8-6(11-5)3-4-10-8;1-2-4-7-6(3-1)8-5-9-7/h1,5-9H,3-4H2;1-4H,5H2/t5?,6-,7-,8+;/m1./s1. The maximum absolute atomic E-state index is 9.47. The second kappa shape index (κ2) is 5.71. The quantitative estimate of drug-likeness (QED) is 0.715. The number of fused-ring (bicyclic) bond motifs is 2. The van der Waals surface area contributed by atoms with Crippen LogP contribution in [0.5, 0.6) is 11.5 Å². The van der Waals surface area contributed by atoms with E-state index in [0.29, 0.717) is 13.4 Å². The van der Waals surface area contributed by atoms with E-state index in [1.807, 2.05) is 24.3 Å². The van der Waals surface area contributed by atoms with Gasteiger partial charge in [-0.15, -0.1) is 6.42 Å². The minimum absolute atomic E-state index is 0.0195. The predicted molar refractivity (Wildman–Crippen MR) is 70.4 cm³/mol. The molecule has 3 aliphatic rings. The van der Waals surface area contributed by atoms with Crippen molar-refractivity contribution < 1.29 is 24.1 Å². The van der Waals surface area contributed by atoms with Crippen molar-refractivity contribution in [1.82, 2.24) is 0 Å². The number of ether oxygens (including phenoxy) is 4. The molecule has 1 unspecified atom stereocenters. The number of para-hydroxylation sites is 2. The molecular formula is C15H16O5. The van der Waals surface area contributed by atoms with Crippen molar-refractivity contribution in [3.8, 4) is 23.8 Å². The Bertz CT molecular complexity index is 486. The summed E-state index contributed by atoms with van der Waals surface area (Å²) in [4.78, 5) is 0. The summed E-state index contributed by atoms with van der Waals surface area (Å²) in [6.45, 7) is 1.03. The first kappa shape index (κ1) is 13.3. The van der Waals surface area contributed by atoms with E-state index in [0.717, 1.165) is 17.9 Å². The highest BCUT2D eigenvalue weighted by atomic mass is 16.7. The zero-order valence-corrected chi connectivity index (χ0v) is 10.9. The van der Waals surface area contributed by atoms with Crippen LogP contribution in [-0.4, -0.2) is 42.9 Å². The van der Waals surface area contributed by atoms with Crippen molar-refractivity contribution in [2.24, 2.45) is 0 Å². The monoisotopic (exact) mass is 276 g/mol. The third-order valence-electron chi connectivity index (χ3n) is 3.49. The fraction of sp³-hybridized carbons (Fsp3) is 0.467. The number of hydrogen-bond donors (Lipinski definition) is 1. The molecule has 3 aliphatic heterocycles. The average molecular weight is 276 g/mol. The largest absolute Gasteiger partial charge is 0.454 e. The number of aliphatic hydroxyl groups excluding tert-OH is 1. The molecule has 0 saturated carbocycles. The minimum atomic E-state index is -0.632. The molecule has 3 heterocycles. The smallest absolute Gasteiger partial charge is 0.231 e. The van der Waals surface area contributed by atoms with Crippen molar-refractivity contribution in [3.05, 3.63) is 24.3 Å². The lowest BCUT2D eigenvalue weighted by Gasteiger charge is -2.10. The Morgan fingerprint density at radius 2 is 1.90 bits per heavy atom. The van der Waals surface area contributed by atoms with Gasteiger partial charge in [-0.25, -0.2) is 0 Å². The van der Waals surface area contributed by atoms with Gasteiger partial charge in [0.2, 0.25) is 6.79 Å². The van der Waals surface area contributed by atoms with E-state index in [4.69, 9.17) is 25.4 Å². The third-order valence-corrected chi connectivity index (χ3v) is 3.49. The van der Waals surface area contributed by atoms with Crippen LogP contribution in [0, 0.1) is 12.3 Å². The molecule has 20 heavy (non-hydrogen) atoms. The van der Waals surface area contributed by atoms with E-state index in [-0.39, 0.29) is 12.2 Å². The molecule has 0 radical (unpaired) electrons. The Balaban J connectivity index is 0.000000123. The second-order valence-corrected chi connectivity index (χ2v) is 4.73. The fourth-order valence-corrected chi connectivity index (χ4v) is 2.48. The lowest BCUT2D eigenvalue weighted by molar-refractivity contribution is 0.00864. The molecular weight excluding hydrogens is 260 g/mol. The molecule has 4 rings (SSSR count). The van der Waals surface area contributed by atoms with Crippen LogP contribution in [0.3, 0.4) is 0 Å². The molecule has 1 N–H and O–H groups in total. The molecule has 2 saturated heterocycles. The summed E-state index contributed by atoms with van der Waals surface area (Å²) in [6.07, 6.45) is 4.72. The average Bonchev–Trinajstić information content (AvgIpc) is 3.17. The zero-order valence-electron chi connectivity index (χ0n) is 10.9. The summed E-state index contributed by atoms with van der Waals surface area (Å²) in [7, 11) is 0. The lowest BCUT2D eigenvalue weighted by atomic mass is 10.1. The van der Waals surface area contributed by atoms with Crippen LogP contribution in [-0.2, 0) is 9.47 Å². The summed E-state index contributed by atoms with van der Waals surface area (Å²) in [5.74, 6) is 4.08. The van der Waals surface area contributed by atoms with Gasteiger partial charge in [0, 0.05) is 6.61 Å². The summed E-state index contributed by atoms with van der Waals surface area (Å²) in [5, 5.41) is 9.47. The van der Waals surface area contributed by atoms with Crippen LogP contribution in [0.15, 0.2) is 24.3 Å². The third kappa shape index (κ3) is 2.46. The molecule has 0 aliphatic carbocycles. The van der Waals surface area contributed by atoms with E-state index in [2.05, 4.69) is 5.92 Å². The normalized spacial score (nSPS) is 33.0. The van der Waals surface area contributed by atoms with E-state index < -0.39 is 12.2 Å². The highest BCUT2D eigenvalue weighted by Crippen LogP contribution is 2.31. The maximum Gasteiger partial charge on any atom is 0.231 e. The Morgan fingerprint density at radius 3 is 2.50 bits per heavy atom. The molecule has 0 spiro atoms. The van der Waals surface area contributed by atoms with Crippen molar-refractivity contribution >= 4 is 0 Å². The Labute approximate surface area is 117 Å². The summed E-state index contributed by atoms with van der Waals surface area (Å²) in [6, 6.07) is 7.63. The second-order valence-electron chi connectivity index (χ2n) is 4.73. The van der Waals surface area contributed by atoms with Gasteiger partial charge in [-0.05, 0) is 18.6 Å². The topological polar surface area (TPSA) is 57.2 Å². The molecule has 106 valence electrons. The minimum Gasteiger partial charge on any atom is -0.454 e. The van der Waals surface area contributed by atoms with Gasteiger partial charge in [-0.2, -0.15) is 0 Å². The SMILES string of the molecule is C#CC1O[C@@H]2CCO[C@@H]2[C@@H]1O.c1ccc2c(c1)OCO2. The van der Waals surface area contributed by atoms with Crippen molar-refractivity contribution in [2.45, 2.75) is 30.8 Å². The first-order chi connectivity index (χ1) is 9.79. The molecule has 1 aromatic carbocycles. The number of terminal acetylenes is 1. The van der Waals surface area contributed by atoms with Gasteiger partial charge in [0.1, 0.15) is 18.3 Å². The van der Waals surface area contributed by atoms with Crippen LogP contribution in [0.2, 0.25) is 0 Å². The maximum atomic E-state index is 9.47. The number of hydrogen-bond acceptors (Lipinski definition) is 5. The van der Waals surface area contributed by atoms with Crippen molar-refractivity contribution in [2.75, 3.05) is 13.4 Å². The van der Waals surface area contributed by atoms with E-state index in [1.54, 1.807) is 0 Å². The molecule has 5 nitrogen and oxygen atoms in total. The first-order valence-electron chi connectivity index (χ1n) is 6.55. The van der Waals surface area contributed by atoms with Gasteiger partial charge in [-0.1, -0.05) is 18.1 Å². The lowest BCUT2D eigenvalue weighted by Crippen LogP contribution is -2.30. The van der Waals surface area contributed by atoms with Crippen LogP contribution < -0.4 is 9.47 Å². The number of rotatable bonds is 0. The number of aliphatic hydroxyl groups is 1. The van der Waals surface area contributed by atoms with Gasteiger partial charge in [0.15, 0.2) is 11.5 Å².